The maximum Gasteiger partial charge on any atom is 0.356 e. The molecule has 0 aliphatic carbocycles. The zero-order valence-electron chi connectivity index (χ0n) is 7.94. The van der Waals surface area contributed by atoms with Gasteiger partial charge in [0.15, 0.2) is 5.69 Å². The van der Waals surface area contributed by atoms with E-state index < -0.39 is 5.97 Å². The van der Waals surface area contributed by atoms with Crippen molar-refractivity contribution in [3.8, 4) is 0 Å². The van der Waals surface area contributed by atoms with E-state index >= 15 is 0 Å². The van der Waals surface area contributed by atoms with Gasteiger partial charge >= 0.3 is 5.97 Å². The Balaban J connectivity index is 2.69. The third-order valence-electron chi connectivity index (χ3n) is 1.80. The lowest BCUT2D eigenvalue weighted by Gasteiger charge is -2.12. The number of hydrogen-bond donors (Lipinski definition) is 2. The van der Waals surface area contributed by atoms with Gasteiger partial charge in [-0.2, -0.15) is 5.10 Å². The molecule has 0 aromatic carbocycles. The smallest absolute Gasteiger partial charge is 0.356 e. The number of hydrogen-bond acceptors (Lipinski definition) is 3. The van der Waals surface area contributed by atoms with Crippen LogP contribution >= 0.6 is 0 Å². The average molecular weight is 197 g/mol. The van der Waals surface area contributed by atoms with Crippen LogP contribution in [-0.4, -0.2) is 39.1 Å². The molecule has 14 heavy (non-hydrogen) atoms. The third kappa shape index (κ3) is 2.32. The predicted molar refractivity (Wildman–Crippen MR) is 47.7 cm³/mol. The summed E-state index contributed by atoms with van der Waals surface area (Å²) < 4.78 is 0. The van der Waals surface area contributed by atoms with E-state index in [4.69, 9.17) is 5.11 Å². The van der Waals surface area contributed by atoms with Crippen molar-refractivity contribution in [1.82, 2.24) is 15.1 Å². The highest BCUT2D eigenvalue weighted by Gasteiger charge is 2.10. The minimum atomic E-state index is -1.09. The van der Waals surface area contributed by atoms with E-state index in [1.165, 1.54) is 17.9 Å². The zero-order valence-corrected chi connectivity index (χ0v) is 7.94. The van der Waals surface area contributed by atoms with Gasteiger partial charge in [0.2, 0.25) is 5.91 Å². The Bertz CT molecular complexity index is 358. The molecule has 0 fully saturated rings. The molecule has 0 saturated heterocycles. The molecule has 1 aromatic heterocycles. The number of carboxylic acids is 1. The van der Waals surface area contributed by atoms with Crippen molar-refractivity contribution in [2.75, 3.05) is 7.05 Å². The van der Waals surface area contributed by atoms with Crippen molar-refractivity contribution in [3.05, 3.63) is 17.5 Å². The molecule has 0 saturated carbocycles. The lowest BCUT2D eigenvalue weighted by Crippen LogP contribution is -2.23. The summed E-state index contributed by atoms with van der Waals surface area (Å²) in [6.45, 7) is 1.77. The SMILES string of the molecule is CC(=O)N(C)Cc1cc(C(=O)O)n[nH]1. The van der Waals surface area contributed by atoms with Crippen molar-refractivity contribution in [2.45, 2.75) is 13.5 Å². The molecule has 6 heteroatoms. The average Bonchev–Trinajstić information content (AvgIpc) is 2.52. The Kier molecular flexibility index (Phi) is 2.85. The van der Waals surface area contributed by atoms with E-state index in [0.29, 0.717) is 12.2 Å². The van der Waals surface area contributed by atoms with E-state index in [1.54, 1.807) is 7.05 Å². The minimum absolute atomic E-state index is 0.0445. The van der Waals surface area contributed by atoms with Crippen molar-refractivity contribution >= 4 is 11.9 Å². The first-order valence-electron chi connectivity index (χ1n) is 4.00. The second-order valence-electron chi connectivity index (χ2n) is 2.96. The second kappa shape index (κ2) is 3.91. The van der Waals surface area contributed by atoms with Crippen molar-refractivity contribution in [1.29, 1.82) is 0 Å². The molecule has 0 unspecified atom stereocenters. The molecule has 1 aromatic rings. The van der Waals surface area contributed by atoms with E-state index in [1.807, 2.05) is 0 Å². The number of carbonyl (C=O) groups is 2. The second-order valence-corrected chi connectivity index (χ2v) is 2.96. The summed E-state index contributed by atoms with van der Waals surface area (Å²) in [6.07, 6.45) is 0. The summed E-state index contributed by atoms with van der Waals surface area (Å²) in [5, 5.41) is 14.7. The van der Waals surface area contributed by atoms with E-state index in [-0.39, 0.29) is 11.6 Å². The molecule has 0 aliphatic rings. The van der Waals surface area contributed by atoms with Crippen LogP contribution in [0.25, 0.3) is 0 Å². The van der Waals surface area contributed by atoms with Gasteiger partial charge in [-0.25, -0.2) is 4.79 Å². The number of amides is 1. The Hall–Kier alpha value is -1.85. The minimum Gasteiger partial charge on any atom is -0.476 e. The summed E-state index contributed by atoms with van der Waals surface area (Å²) in [4.78, 5) is 22.8. The fourth-order valence-electron chi connectivity index (χ4n) is 0.919. The third-order valence-corrected chi connectivity index (χ3v) is 1.80. The first kappa shape index (κ1) is 10.2. The van der Waals surface area contributed by atoms with Gasteiger partial charge in [0, 0.05) is 14.0 Å². The summed E-state index contributed by atoms with van der Waals surface area (Å²) >= 11 is 0. The van der Waals surface area contributed by atoms with Crippen LogP contribution < -0.4 is 0 Å². The monoisotopic (exact) mass is 197 g/mol. The van der Waals surface area contributed by atoms with Gasteiger partial charge < -0.3 is 10.0 Å². The van der Waals surface area contributed by atoms with Gasteiger partial charge in [0.25, 0.3) is 0 Å². The highest BCUT2D eigenvalue weighted by atomic mass is 16.4. The molecule has 0 aliphatic heterocycles. The highest BCUT2D eigenvalue weighted by Crippen LogP contribution is 2.02. The molecule has 0 radical (unpaired) electrons. The van der Waals surface area contributed by atoms with Crippen molar-refractivity contribution in [2.24, 2.45) is 0 Å². The normalized spacial score (nSPS) is 9.86. The fourth-order valence-corrected chi connectivity index (χ4v) is 0.919. The van der Waals surface area contributed by atoms with Gasteiger partial charge in [-0.3, -0.25) is 9.89 Å². The van der Waals surface area contributed by atoms with Crippen LogP contribution in [0.4, 0.5) is 0 Å². The Morgan fingerprint density at radius 3 is 2.71 bits per heavy atom. The van der Waals surface area contributed by atoms with Gasteiger partial charge in [-0.05, 0) is 6.07 Å². The van der Waals surface area contributed by atoms with Crippen LogP contribution in [-0.2, 0) is 11.3 Å². The maximum absolute atomic E-state index is 10.9. The summed E-state index contributed by atoms with van der Waals surface area (Å²) in [5.74, 6) is -1.17. The molecule has 2 N–H and O–H groups in total. The lowest BCUT2D eigenvalue weighted by atomic mass is 10.3. The quantitative estimate of drug-likeness (QED) is 0.718. The van der Waals surface area contributed by atoms with Crippen LogP contribution in [0.15, 0.2) is 6.07 Å². The molecule has 6 nitrogen and oxygen atoms in total. The van der Waals surface area contributed by atoms with Crippen LogP contribution in [0.5, 0.6) is 0 Å². The summed E-state index contributed by atoms with van der Waals surface area (Å²) in [7, 11) is 1.63. The van der Waals surface area contributed by atoms with E-state index in [9.17, 15) is 9.59 Å². The number of H-pyrrole nitrogens is 1. The maximum atomic E-state index is 10.9. The first-order chi connectivity index (χ1) is 6.50. The Labute approximate surface area is 80.5 Å². The van der Waals surface area contributed by atoms with Gasteiger partial charge in [-0.1, -0.05) is 0 Å². The summed E-state index contributed by atoms with van der Waals surface area (Å²) in [5.41, 5.74) is 0.553. The number of nitrogens with zero attached hydrogens (tertiary/aromatic N) is 2. The number of aromatic carboxylic acids is 1. The number of carbonyl (C=O) groups excluding carboxylic acids is 1. The van der Waals surface area contributed by atoms with Crippen molar-refractivity contribution in [3.63, 3.8) is 0 Å². The van der Waals surface area contributed by atoms with E-state index in [2.05, 4.69) is 10.2 Å². The van der Waals surface area contributed by atoms with Gasteiger partial charge in [0.05, 0.1) is 12.2 Å². The number of carboxylic acid groups (broad SMARTS) is 1. The van der Waals surface area contributed by atoms with Crippen LogP contribution in [0, 0.1) is 0 Å². The fraction of sp³-hybridized carbons (Fsp3) is 0.375. The van der Waals surface area contributed by atoms with Gasteiger partial charge in [-0.15, -0.1) is 0 Å². The predicted octanol–water partition coefficient (Wildman–Crippen LogP) is 0.0862. The molecule has 76 valence electrons. The number of nitrogens with one attached hydrogen (secondary N) is 1. The van der Waals surface area contributed by atoms with E-state index in [0.717, 1.165) is 0 Å². The molecule has 1 heterocycles. The zero-order chi connectivity index (χ0) is 10.7. The molecule has 0 atom stereocenters. The molecular weight excluding hydrogens is 186 g/mol. The van der Waals surface area contributed by atoms with Crippen molar-refractivity contribution < 1.29 is 14.7 Å². The molecule has 1 amide bonds. The van der Waals surface area contributed by atoms with Crippen LogP contribution in [0.1, 0.15) is 23.1 Å². The molecule has 0 spiro atoms. The molecular formula is C8H11N3O3. The molecule has 0 bridgehead atoms. The summed E-state index contributed by atoms with van der Waals surface area (Å²) in [6, 6.07) is 1.40. The number of aromatic amines is 1. The van der Waals surface area contributed by atoms with Crippen LogP contribution in [0.2, 0.25) is 0 Å². The van der Waals surface area contributed by atoms with Crippen LogP contribution in [0.3, 0.4) is 0 Å². The standard InChI is InChI=1S/C8H11N3O3/c1-5(12)11(2)4-6-3-7(8(13)14)10-9-6/h3H,4H2,1-2H3,(H,9,10)(H,13,14). The molecule has 1 rings (SSSR count). The lowest BCUT2D eigenvalue weighted by molar-refractivity contribution is -0.128. The topological polar surface area (TPSA) is 86.3 Å². The number of rotatable bonds is 3. The largest absolute Gasteiger partial charge is 0.476 e. The highest BCUT2D eigenvalue weighted by molar-refractivity contribution is 5.85. The Morgan fingerprint density at radius 1 is 1.64 bits per heavy atom. The van der Waals surface area contributed by atoms with Gasteiger partial charge in [0.1, 0.15) is 0 Å². The Morgan fingerprint density at radius 2 is 2.29 bits per heavy atom. The first-order valence-corrected chi connectivity index (χ1v) is 4.00. The number of aromatic nitrogens is 2.